The van der Waals surface area contributed by atoms with Gasteiger partial charge >= 0.3 is 6.03 Å². The van der Waals surface area contributed by atoms with Gasteiger partial charge in [0.15, 0.2) is 0 Å². The van der Waals surface area contributed by atoms with Crippen LogP contribution in [0, 0.1) is 0 Å². The molecule has 0 aliphatic rings. The second kappa shape index (κ2) is 6.24. The molecular formula is C15H22N2O. The molecule has 0 aliphatic carbocycles. The molecule has 1 unspecified atom stereocenters. The average Bonchev–Trinajstić information content (AvgIpc) is 2.37. The summed E-state index contributed by atoms with van der Waals surface area (Å²) in [6, 6.07) is 10.1. The Morgan fingerprint density at radius 3 is 2.56 bits per heavy atom. The van der Waals surface area contributed by atoms with E-state index in [-0.39, 0.29) is 17.5 Å². The van der Waals surface area contributed by atoms with E-state index in [1.54, 1.807) is 6.08 Å². The fourth-order valence-corrected chi connectivity index (χ4v) is 1.71. The summed E-state index contributed by atoms with van der Waals surface area (Å²) < 4.78 is 0. The van der Waals surface area contributed by atoms with E-state index in [1.807, 2.05) is 25.1 Å². The highest BCUT2D eigenvalue weighted by Crippen LogP contribution is 2.26. The highest BCUT2D eigenvalue weighted by molar-refractivity contribution is 5.74. The number of urea groups is 1. The molecule has 3 nitrogen and oxygen atoms in total. The highest BCUT2D eigenvalue weighted by Gasteiger charge is 2.28. The lowest BCUT2D eigenvalue weighted by Crippen LogP contribution is -2.49. The summed E-state index contributed by atoms with van der Waals surface area (Å²) in [6.45, 7) is 10.3. The monoisotopic (exact) mass is 246 g/mol. The second-order valence-electron chi connectivity index (χ2n) is 4.95. The zero-order valence-electron chi connectivity index (χ0n) is 11.4. The van der Waals surface area contributed by atoms with Gasteiger partial charge in [-0.2, -0.15) is 0 Å². The van der Waals surface area contributed by atoms with Crippen LogP contribution in [-0.2, 0) is 5.41 Å². The van der Waals surface area contributed by atoms with E-state index in [4.69, 9.17) is 0 Å². The van der Waals surface area contributed by atoms with Crippen molar-refractivity contribution in [3.8, 4) is 0 Å². The van der Waals surface area contributed by atoms with Crippen LogP contribution < -0.4 is 10.6 Å². The first-order valence-corrected chi connectivity index (χ1v) is 6.19. The van der Waals surface area contributed by atoms with Crippen molar-refractivity contribution in [2.75, 3.05) is 6.54 Å². The number of hydrogen-bond acceptors (Lipinski definition) is 1. The zero-order valence-corrected chi connectivity index (χ0v) is 11.4. The summed E-state index contributed by atoms with van der Waals surface area (Å²) in [5.74, 6) is 0. The minimum absolute atomic E-state index is 0.0321. The molecule has 2 N–H and O–H groups in total. The van der Waals surface area contributed by atoms with Crippen molar-refractivity contribution < 1.29 is 4.79 Å². The third kappa shape index (κ3) is 3.62. The molecule has 0 aliphatic heterocycles. The van der Waals surface area contributed by atoms with Gasteiger partial charge in [-0.1, -0.05) is 50.3 Å². The van der Waals surface area contributed by atoms with Gasteiger partial charge in [0, 0.05) is 18.0 Å². The number of carbonyl (C=O) groups excluding carboxylic acids is 1. The number of hydrogen-bond donors (Lipinski definition) is 2. The van der Waals surface area contributed by atoms with Gasteiger partial charge in [-0.25, -0.2) is 4.79 Å². The average molecular weight is 246 g/mol. The molecule has 2 amide bonds. The van der Waals surface area contributed by atoms with Crippen molar-refractivity contribution >= 4 is 6.03 Å². The molecule has 1 aromatic carbocycles. The first kappa shape index (κ1) is 14.3. The molecule has 18 heavy (non-hydrogen) atoms. The van der Waals surface area contributed by atoms with Crippen LogP contribution in [0.25, 0.3) is 0 Å². The Morgan fingerprint density at radius 2 is 2.00 bits per heavy atom. The quantitative estimate of drug-likeness (QED) is 0.771. The maximum Gasteiger partial charge on any atom is 0.315 e. The van der Waals surface area contributed by atoms with Gasteiger partial charge in [-0.05, 0) is 12.5 Å². The van der Waals surface area contributed by atoms with Gasteiger partial charge in [0.05, 0.1) is 0 Å². The van der Waals surface area contributed by atoms with Crippen molar-refractivity contribution in [2.24, 2.45) is 0 Å². The molecule has 0 saturated heterocycles. The molecule has 3 heteroatoms. The fraction of sp³-hybridized carbons (Fsp3) is 0.400. The van der Waals surface area contributed by atoms with Crippen LogP contribution in [-0.4, -0.2) is 18.6 Å². The van der Waals surface area contributed by atoms with Crippen LogP contribution in [0.3, 0.4) is 0 Å². The molecule has 0 radical (unpaired) electrons. The van der Waals surface area contributed by atoms with E-state index in [0.29, 0.717) is 6.54 Å². The number of nitrogens with one attached hydrogen (secondary N) is 2. The second-order valence-corrected chi connectivity index (χ2v) is 4.95. The maximum atomic E-state index is 11.6. The van der Waals surface area contributed by atoms with Crippen molar-refractivity contribution in [1.82, 2.24) is 10.6 Å². The topological polar surface area (TPSA) is 41.1 Å². The van der Waals surface area contributed by atoms with Gasteiger partial charge in [0.25, 0.3) is 0 Å². The van der Waals surface area contributed by atoms with Gasteiger partial charge in [-0.3, -0.25) is 0 Å². The van der Waals surface area contributed by atoms with Gasteiger partial charge in [-0.15, -0.1) is 6.58 Å². The van der Waals surface area contributed by atoms with Crippen molar-refractivity contribution in [3.63, 3.8) is 0 Å². The minimum atomic E-state index is -0.161. The summed E-state index contributed by atoms with van der Waals surface area (Å²) in [4.78, 5) is 11.6. The van der Waals surface area contributed by atoms with Crippen molar-refractivity contribution in [1.29, 1.82) is 0 Å². The van der Waals surface area contributed by atoms with Crippen LogP contribution in [0.4, 0.5) is 4.79 Å². The molecule has 0 spiro atoms. The molecule has 0 bridgehead atoms. The summed E-state index contributed by atoms with van der Waals surface area (Å²) in [5.41, 5.74) is 1.09. The molecule has 0 fully saturated rings. The Labute approximate surface area is 109 Å². The summed E-state index contributed by atoms with van der Waals surface area (Å²) >= 11 is 0. The third-order valence-electron chi connectivity index (χ3n) is 3.35. The van der Waals surface area contributed by atoms with Crippen LogP contribution in [0.15, 0.2) is 43.0 Å². The first-order valence-electron chi connectivity index (χ1n) is 6.19. The summed E-state index contributed by atoms with van der Waals surface area (Å²) in [6.07, 6.45) is 1.66. The largest absolute Gasteiger partial charge is 0.335 e. The lowest BCUT2D eigenvalue weighted by molar-refractivity contribution is 0.232. The molecule has 1 aromatic rings. The SMILES string of the molecule is C=CCNC(=O)NC(C)C(C)(C)c1ccccc1. The van der Waals surface area contributed by atoms with E-state index in [0.717, 1.165) is 0 Å². The van der Waals surface area contributed by atoms with Gasteiger partial charge in [0.2, 0.25) is 0 Å². The smallest absolute Gasteiger partial charge is 0.315 e. The lowest BCUT2D eigenvalue weighted by Gasteiger charge is -2.33. The molecule has 1 rings (SSSR count). The Bertz CT molecular complexity index is 398. The predicted molar refractivity (Wildman–Crippen MR) is 75.7 cm³/mol. The van der Waals surface area contributed by atoms with E-state index in [2.05, 4.69) is 43.2 Å². The van der Waals surface area contributed by atoms with Gasteiger partial charge < -0.3 is 10.6 Å². The lowest BCUT2D eigenvalue weighted by atomic mass is 9.78. The molecule has 98 valence electrons. The van der Waals surface area contributed by atoms with Crippen molar-refractivity contribution in [2.45, 2.75) is 32.2 Å². The predicted octanol–water partition coefficient (Wildman–Crippen LogP) is 2.84. The highest BCUT2D eigenvalue weighted by atomic mass is 16.2. The minimum Gasteiger partial charge on any atom is -0.335 e. The molecule has 0 saturated carbocycles. The molecular weight excluding hydrogens is 224 g/mol. The Balaban J connectivity index is 2.67. The summed E-state index contributed by atoms with van der Waals surface area (Å²) in [7, 11) is 0. The van der Waals surface area contributed by atoms with E-state index in [1.165, 1.54) is 5.56 Å². The van der Waals surface area contributed by atoms with Gasteiger partial charge in [0.1, 0.15) is 0 Å². The maximum absolute atomic E-state index is 11.6. The Hall–Kier alpha value is -1.77. The van der Waals surface area contributed by atoms with Crippen LogP contribution in [0.2, 0.25) is 0 Å². The van der Waals surface area contributed by atoms with E-state index in [9.17, 15) is 4.79 Å². The number of carbonyl (C=O) groups is 1. The first-order chi connectivity index (χ1) is 8.48. The zero-order chi connectivity index (χ0) is 13.6. The normalized spacial score (nSPS) is 12.6. The number of benzene rings is 1. The standard InChI is InChI=1S/C15H22N2O/c1-5-11-16-14(18)17-12(2)15(3,4)13-9-7-6-8-10-13/h5-10,12H,1,11H2,2-4H3,(H2,16,17,18). The number of rotatable bonds is 5. The van der Waals surface area contributed by atoms with E-state index < -0.39 is 0 Å². The van der Waals surface area contributed by atoms with Crippen molar-refractivity contribution in [3.05, 3.63) is 48.6 Å². The molecule has 0 aromatic heterocycles. The van der Waals surface area contributed by atoms with Crippen LogP contribution in [0.5, 0.6) is 0 Å². The Kier molecular flexibility index (Phi) is 4.95. The summed E-state index contributed by atoms with van der Waals surface area (Å²) in [5, 5.41) is 5.67. The molecule has 1 atom stereocenters. The Morgan fingerprint density at radius 1 is 1.39 bits per heavy atom. The third-order valence-corrected chi connectivity index (χ3v) is 3.35. The van der Waals surface area contributed by atoms with E-state index >= 15 is 0 Å². The fourth-order valence-electron chi connectivity index (χ4n) is 1.71. The van der Waals surface area contributed by atoms with Crippen LogP contribution >= 0.6 is 0 Å². The molecule has 0 heterocycles. The number of amides is 2. The van der Waals surface area contributed by atoms with Crippen LogP contribution in [0.1, 0.15) is 26.3 Å².